The summed E-state index contributed by atoms with van der Waals surface area (Å²) in [7, 11) is 0. The van der Waals surface area contributed by atoms with Gasteiger partial charge in [0.15, 0.2) is 0 Å². The van der Waals surface area contributed by atoms with Crippen LogP contribution < -0.4 is 0 Å². The molecule has 1 atom stereocenters. The van der Waals surface area contributed by atoms with E-state index in [1.807, 2.05) is 6.92 Å². The Morgan fingerprint density at radius 2 is 2.00 bits per heavy atom. The largest absolute Gasteiger partial charge is 0.465 e. The fourth-order valence-electron chi connectivity index (χ4n) is 0.959. The van der Waals surface area contributed by atoms with E-state index in [1.54, 1.807) is 0 Å². The molecule has 0 radical (unpaired) electrons. The Bertz CT molecular complexity index is 137. The van der Waals surface area contributed by atoms with Crippen molar-refractivity contribution >= 4 is 28.6 Å². The standard InChI is InChI=1S/C10H19IO2/c1-3-5-6-7-8-13-10(12)9(11)4-2/h9H,3-8H2,1-2H3. The van der Waals surface area contributed by atoms with E-state index in [9.17, 15) is 4.79 Å². The molecule has 0 saturated carbocycles. The van der Waals surface area contributed by atoms with Crippen molar-refractivity contribution in [1.29, 1.82) is 0 Å². The number of ether oxygens (including phenoxy) is 1. The maximum atomic E-state index is 11.2. The van der Waals surface area contributed by atoms with E-state index in [1.165, 1.54) is 19.3 Å². The van der Waals surface area contributed by atoms with Crippen LogP contribution in [-0.4, -0.2) is 16.5 Å². The van der Waals surface area contributed by atoms with Gasteiger partial charge in [-0.3, -0.25) is 4.79 Å². The third kappa shape index (κ3) is 7.28. The Hall–Kier alpha value is 0.200. The quantitative estimate of drug-likeness (QED) is 0.312. The third-order valence-electron chi connectivity index (χ3n) is 1.86. The number of carbonyl (C=O) groups excluding carboxylic acids is 1. The van der Waals surface area contributed by atoms with Gasteiger partial charge < -0.3 is 4.74 Å². The second-order valence-electron chi connectivity index (χ2n) is 3.10. The van der Waals surface area contributed by atoms with Gasteiger partial charge in [-0.2, -0.15) is 0 Å². The number of alkyl halides is 1. The molecule has 3 heteroatoms. The fourth-order valence-corrected chi connectivity index (χ4v) is 1.14. The summed E-state index contributed by atoms with van der Waals surface area (Å²) >= 11 is 2.13. The molecular weight excluding hydrogens is 279 g/mol. The van der Waals surface area contributed by atoms with Gasteiger partial charge in [-0.05, 0) is 12.8 Å². The molecule has 0 aliphatic rings. The van der Waals surface area contributed by atoms with Gasteiger partial charge in [0, 0.05) is 0 Å². The maximum absolute atomic E-state index is 11.2. The van der Waals surface area contributed by atoms with Gasteiger partial charge in [-0.1, -0.05) is 55.7 Å². The predicted molar refractivity (Wildman–Crippen MR) is 63.2 cm³/mol. The summed E-state index contributed by atoms with van der Waals surface area (Å²) in [5.41, 5.74) is 0. The first-order valence-corrected chi connectivity index (χ1v) is 6.27. The van der Waals surface area contributed by atoms with E-state index in [-0.39, 0.29) is 9.89 Å². The van der Waals surface area contributed by atoms with Gasteiger partial charge >= 0.3 is 5.97 Å². The van der Waals surface area contributed by atoms with Gasteiger partial charge in [0.05, 0.1) is 6.61 Å². The number of halogens is 1. The molecule has 0 aliphatic heterocycles. The van der Waals surface area contributed by atoms with Crippen molar-refractivity contribution in [3.63, 3.8) is 0 Å². The van der Waals surface area contributed by atoms with E-state index in [0.717, 1.165) is 12.8 Å². The van der Waals surface area contributed by atoms with Crippen LogP contribution in [0.1, 0.15) is 46.0 Å². The molecule has 0 aromatic carbocycles. The second kappa shape index (κ2) is 8.78. The molecule has 0 saturated heterocycles. The minimum absolute atomic E-state index is 0.0313. The third-order valence-corrected chi connectivity index (χ3v) is 3.25. The van der Waals surface area contributed by atoms with E-state index < -0.39 is 0 Å². The Morgan fingerprint density at radius 3 is 2.54 bits per heavy atom. The first-order valence-electron chi connectivity index (χ1n) is 5.03. The topological polar surface area (TPSA) is 26.3 Å². The lowest BCUT2D eigenvalue weighted by Crippen LogP contribution is -2.16. The molecule has 0 N–H and O–H groups in total. The summed E-state index contributed by atoms with van der Waals surface area (Å²) < 4.78 is 5.13. The van der Waals surface area contributed by atoms with Crippen LogP contribution in [-0.2, 0) is 9.53 Å². The van der Waals surface area contributed by atoms with Crippen LogP contribution in [0.5, 0.6) is 0 Å². The summed E-state index contributed by atoms with van der Waals surface area (Å²) in [6.07, 6.45) is 5.49. The zero-order valence-electron chi connectivity index (χ0n) is 8.51. The van der Waals surface area contributed by atoms with Crippen LogP contribution in [0.4, 0.5) is 0 Å². The van der Waals surface area contributed by atoms with Gasteiger partial charge in [0.2, 0.25) is 0 Å². The van der Waals surface area contributed by atoms with Crippen molar-refractivity contribution in [1.82, 2.24) is 0 Å². The Kier molecular flexibility index (Phi) is 8.92. The van der Waals surface area contributed by atoms with E-state index >= 15 is 0 Å². The maximum Gasteiger partial charge on any atom is 0.318 e. The lowest BCUT2D eigenvalue weighted by molar-refractivity contribution is -0.142. The normalized spacial score (nSPS) is 12.5. The highest BCUT2D eigenvalue weighted by Crippen LogP contribution is 2.08. The molecule has 0 amide bonds. The highest BCUT2D eigenvalue weighted by molar-refractivity contribution is 14.1. The molecule has 0 fully saturated rings. The molecule has 0 bridgehead atoms. The number of hydrogen-bond acceptors (Lipinski definition) is 2. The van der Waals surface area contributed by atoms with Crippen molar-refractivity contribution in [2.45, 2.75) is 49.9 Å². The fraction of sp³-hybridized carbons (Fsp3) is 0.900. The Labute approximate surface area is 94.6 Å². The zero-order chi connectivity index (χ0) is 10.1. The van der Waals surface area contributed by atoms with Gasteiger partial charge in [0.25, 0.3) is 0 Å². The van der Waals surface area contributed by atoms with E-state index in [2.05, 4.69) is 29.5 Å². The van der Waals surface area contributed by atoms with Gasteiger partial charge in [0.1, 0.15) is 3.92 Å². The minimum atomic E-state index is -0.0559. The number of unbranched alkanes of at least 4 members (excludes halogenated alkanes) is 3. The van der Waals surface area contributed by atoms with Crippen LogP contribution >= 0.6 is 22.6 Å². The predicted octanol–water partition coefficient (Wildman–Crippen LogP) is 3.32. The average molecular weight is 298 g/mol. The van der Waals surface area contributed by atoms with Crippen molar-refractivity contribution in [3.05, 3.63) is 0 Å². The number of esters is 1. The van der Waals surface area contributed by atoms with Gasteiger partial charge in [-0.15, -0.1) is 0 Å². The molecule has 1 unspecified atom stereocenters. The summed E-state index contributed by atoms with van der Waals surface area (Å²) in [5.74, 6) is -0.0559. The van der Waals surface area contributed by atoms with Crippen molar-refractivity contribution in [3.8, 4) is 0 Å². The molecule has 0 spiro atoms. The zero-order valence-corrected chi connectivity index (χ0v) is 10.7. The number of hydrogen-bond donors (Lipinski definition) is 0. The van der Waals surface area contributed by atoms with Crippen molar-refractivity contribution in [2.24, 2.45) is 0 Å². The average Bonchev–Trinajstić information content (AvgIpc) is 2.16. The second-order valence-corrected chi connectivity index (χ2v) is 4.61. The first kappa shape index (κ1) is 13.2. The van der Waals surface area contributed by atoms with Crippen LogP contribution in [0.3, 0.4) is 0 Å². The summed E-state index contributed by atoms with van der Waals surface area (Å²) in [5, 5.41) is 0. The minimum Gasteiger partial charge on any atom is -0.465 e. The highest BCUT2D eigenvalue weighted by Gasteiger charge is 2.12. The Morgan fingerprint density at radius 1 is 1.31 bits per heavy atom. The van der Waals surface area contributed by atoms with Gasteiger partial charge in [-0.25, -0.2) is 0 Å². The van der Waals surface area contributed by atoms with E-state index in [0.29, 0.717) is 6.61 Å². The summed E-state index contributed by atoms with van der Waals surface area (Å²) in [6.45, 7) is 4.76. The van der Waals surface area contributed by atoms with Crippen LogP contribution in [0.15, 0.2) is 0 Å². The highest BCUT2D eigenvalue weighted by atomic mass is 127. The molecular formula is C10H19IO2. The van der Waals surface area contributed by atoms with Crippen LogP contribution in [0, 0.1) is 0 Å². The Balaban J connectivity index is 3.27. The molecule has 0 rings (SSSR count). The number of carbonyl (C=O) groups is 1. The molecule has 2 nitrogen and oxygen atoms in total. The molecule has 13 heavy (non-hydrogen) atoms. The molecule has 78 valence electrons. The van der Waals surface area contributed by atoms with Crippen molar-refractivity contribution < 1.29 is 9.53 Å². The van der Waals surface area contributed by atoms with Crippen molar-refractivity contribution in [2.75, 3.05) is 6.61 Å². The van der Waals surface area contributed by atoms with E-state index in [4.69, 9.17) is 4.74 Å². The lowest BCUT2D eigenvalue weighted by Gasteiger charge is -2.07. The monoisotopic (exact) mass is 298 g/mol. The summed E-state index contributed by atoms with van der Waals surface area (Å²) in [6, 6.07) is 0. The van der Waals surface area contributed by atoms with Crippen LogP contribution in [0.25, 0.3) is 0 Å². The smallest absolute Gasteiger partial charge is 0.318 e. The molecule has 0 aromatic rings. The van der Waals surface area contributed by atoms with Crippen LogP contribution in [0.2, 0.25) is 0 Å². The first-order chi connectivity index (χ1) is 6.22. The lowest BCUT2D eigenvalue weighted by atomic mass is 10.2. The molecule has 0 heterocycles. The summed E-state index contributed by atoms with van der Waals surface area (Å²) in [4.78, 5) is 11.2. The number of rotatable bonds is 7. The SMILES string of the molecule is CCCCCCOC(=O)C(I)CC. The molecule has 0 aliphatic carbocycles. The molecule has 0 aromatic heterocycles.